The van der Waals surface area contributed by atoms with Crippen LogP contribution in [0.1, 0.15) is 18.9 Å². The van der Waals surface area contributed by atoms with E-state index in [0.717, 1.165) is 37.3 Å². The molecule has 2 heterocycles. The fraction of sp³-hybridized carbons (Fsp3) is 0.600. The van der Waals surface area contributed by atoms with Gasteiger partial charge in [0.1, 0.15) is 0 Å². The number of ether oxygens (including phenoxy) is 1. The van der Waals surface area contributed by atoms with Gasteiger partial charge in [-0.3, -0.25) is 14.5 Å². The summed E-state index contributed by atoms with van der Waals surface area (Å²) in [5.74, 6) is 0.165. The maximum absolute atomic E-state index is 12.4. The van der Waals surface area contributed by atoms with Crippen molar-refractivity contribution in [3.63, 3.8) is 0 Å². The van der Waals surface area contributed by atoms with Gasteiger partial charge in [-0.05, 0) is 18.1 Å². The van der Waals surface area contributed by atoms with Crippen molar-refractivity contribution in [2.45, 2.75) is 25.8 Å². The van der Waals surface area contributed by atoms with E-state index in [0.29, 0.717) is 39.3 Å². The molecule has 0 saturated carbocycles. The largest absolute Gasteiger partial charge is 0.378 e. The average Bonchev–Trinajstić information content (AvgIpc) is 2.69. The van der Waals surface area contributed by atoms with Gasteiger partial charge in [0.15, 0.2) is 0 Å². The molecule has 0 radical (unpaired) electrons. The zero-order chi connectivity index (χ0) is 19.1. The van der Waals surface area contributed by atoms with E-state index in [1.807, 2.05) is 29.2 Å². The van der Waals surface area contributed by atoms with Crippen LogP contribution in [-0.2, 0) is 20.7 Å². The van der Waals surface area contributed by atoms with Crippen molar-refractivity contribution in [3.8, 4) is 0 Å². The first-order valence-electron chi connectivity index (χ1n) is 9.84. The number of carbonyl (C=O) groups excluding carboxylic acids is 2. The summed E-state index contributed by atoms with van der Waals surface area (Å²) in [6, 6.07) is 8.02. The molecule has 7 nitrogen and oxygen atoms in total. The van der Waals surface area contributed by atoms with Crippen LogP contribution in [0, 0.1) is 0 Å². The summed E-state index contributed by atoms with van der Waals surface area (Å²) < 4.78 is 5.41. The number of anilines is 1. The Morgan fingerprint density at radius 3 is 2.55 bits per heavy atom. The normalized spacial score (nSPS) is 19.6. The zero-order valence-corrected chi connectivity index (χ0v) is 18.5. The highest BCUT2D eigenvalue weighted by molar-refractivity contribution is 5.93. The molecule has 0 bridgehead atoms. The average molecular weight is 447 g/mol. The zero-order valence-electron chi connectivity index (χ0n) is 16.9. The van der Waals surface area contributed by atoms with Crippen molar-refractivity contribution in [3.05, 3.63) is 29.8 Å². The second kappa shape index (κ2) is 13.0. The fourth-order valence-electron chi connectivity index (χ4n) is 3.59. The molecule has 2 aliphatic rings. The Labute approximate surface area is 185 Å². The molecule has 2 fully saturated rings. The molecule has 1 unspecified atom stereocenters. The van der Waals surface area contributed by atoms with E-state index in [9.17, 15) is 9.59 Å². The number of hydrogen-bond acceptors (Lipinski definition) is 5. The predicted octanol–water partition coefficient (Wildman–Crippen LogP) is 1.55. The highest BCUT2D eigenvalue weighted by Gasteiger charge is 2.25. The number of aryl methyl sites for hydroxylation is 1. The first-order chi connectivity index (χ1) is 13.2. The predicted molar refractivity (Wildman–Crippen MR) is 119 cm³/mol. The van der Waals surface area contributed by atoms with Crippen LogP contribution in [0.15, 0.2) is 24.3 Å². The van der Waals surface area contributed by atoms with Crippen molar-refractivity contribution < 1.29 is 14.3 Å². The van der Waals surface area contributed by atoms with Crippen molar-refractivity contribution in [1.82, 2.24) is 15.1 Å². The third-order valence-electron chi connectivity index (χ3n) is 5.18. The molecule has 2 N–H and O–H groups in total. The lowest BCUT2D eigenvalue weighted by Crippen LogP contribution is -2.52. The summed E-state index contributed by atoms with van der Waals surface area (Å²) in [5.41, 5.74) is 2.03. The van der Waals surface area contributed by atoms with Crippen LogP contribution in [0.25, 0.3) is 0 Å². The minimum absolute atomic E-state index is 0. The fourth-order valence-corrected chi connectivity index (χ4v) is 3.59. The Bertz CT molecular complexity index is 648. The van der Waals surface area contributed by atoms with E-state index in [1.54, 1.807) is 0 Å². The van der Waals surface area contributed by atoms with Crippen molar-refractivity contribution in [2.24, 2.45) is 0 Å². The van der Waals surface area contributed by atoms with Gasteiger partial charge >= 0.3 is 0 Å². The van der Waals surface area contributed by atoms with E-state index in [1.165, 1.54) is 0 Å². The number of nitrogens with zero attached hydrogens (tertiary/aromatic N) is 2. The SMILES string of the molecule is CCc1ccccc1NC(=O)CN1CCN(C(=O)CC2COCCN2)CC1.Cl.Cl. The summed E-state index contributed by atoms with van der Waals surface area (Å²) in [6.45, 7) is 7.36. The number of piperazine rings is 1. The smallest absolute Gasteiger partial charge is 0.238 e. The number of benzene rings is 1. The van der Waals surface area contributed by atoms with Crippen LogP contribution in [0.5, 0.6) is 0 Å². The van der Waals surface area contributed by atoms with Gasteiger partial charge in [0.05, 0.1) is 19.8 Å². The summed E-state index contributed by atoms with van der Waals surface area (Å²) >= 11 is 0. The molecule has 1 aromatic carbocycles. The first kappa shape index (κ1) is 25.7. The lowest BCUT2D eigenvalue weighted by atomic mass is 10.1. The first-order valence-corrected chi connectivity index (χ1v) is 9.84. The van der Waals surface area contributed by atoms with Gasteiger partial charge in [-0.1, -0.05) is 25.1 Å². The third-order valence-corrected chi connectivity index (χ3v) is 5.18. The molecule has 1 atom stereocenters. The molecule has 29 heavy (non-hydrogen) atoms. The molecule has 164 valence electrons. The Morgan fingerprint density at radius 2 is 1.90 bits per heavy atom. The molecule has 3 rings (SSSR count). The minimum atomic E-state index is -0.000712. The van der Waals surface area contributed by atoms with E-state index in [4.69, 9.17) is 4.74 Å². The number of amides is 2. The Balaban J connectivity index is 0.00000210. The Morgan fingerprint density at radius 1 is 1.17 bits per heavy atom. The van der Waals surface area contributed by atoms with E-state index in [2.05, 4.69) is 22.5 Å². The lowest BCUT2D eigenvalue weighted by Gasteiger charge is -2.35. The highest BCUT2D eigenvalue weighted by Crippen LogP contribution is 2.15. The van der Waals surface area contributed by atoms with Crippen LogP contribution < -0.4 is 10.6 Å². The highest BCUT2D eigenvalue weighted by atomic mass is 35.5. The number of hydrogen-bond donors (Lipinski definition) is 2. The number of para-hydroxylation sites is 1. The Kier molecular flexibility index (Phi) is 11.5. The van der Waals surface area contributed by atoms with Crippen LogP contribution in [0.4, 0.5) is 5.69 Å². The maximum atomic E-state index is 12.4. The van der Waals surface area contributed by atoms with Gasteiger partial charge in [-0.25, -0.2) is 0 Å². The van der Waals surface area contributed by atoms with Crippen molar-refractivity contribution >= 4 is 42.3 Å². The monoisotopic (exact) mass is 446 g/mol. The van der Waals surface area contributed by atoms with Gasteiger partial charge < -0.3 is 20.3 Å². The molecular weight excluding hydrogens is 415 g/mol. The maximum Gasteiger partial charge on any atom is 0.238 e. The van der Waals surface area contributed by atoms with Crippen LogP contribution >= 0.6 is 24.8 Å². The van der Waals surface area contributed by atoms with Gasteiger partial charge in [0.2, 0.25) is 11.8 Å². The minimum Gasteiger partial charge on any atom is -0.378 e. The quantitative estimate of drug-likeness (QED) is 0.693. The molecule has 9 heteroatoms. The number of morpholine rings is 1. The summed E-state index contributed by atoms with van der Waals surface area (Å²) in [6.07, 6.45) is 1.37. The standard InChI is InChI=1S/C20H30N4O3.2ClH/c1-2-16-5-3-4-6-18(16)22-19(25)14-23-8-10-24(11-9-23)20(26)13-17-15-27-12-7-21-17;;/h3-6,17,21H,2,7-15H2,1H3,(H,22,25);2*1H. The molecule has 2 saturated heterocycles. The third kappa shape index (κ3) is 7.75. The summed E-state index contributed by atoms with van der Waals surface area (Å²) in [4.78, 5) is 28.8. The molecule has 0 aliphatic carbocycles. The van der Waals surface area contributed by atoms with Gasteiger partial charge in [0.25, 0.3) is 0 Å². The van der Waals surface area contributed by atoms with Crippen molar-refractivity contribution in [1.29, 1.82) is 0 Å². The molecular formula is C20H32Cl2N4O3. The second-order valence-electron chi connectivity index (χ2n) is 7.15. The molecule has 0 spiro atoms. The van der Waals surface area contributed by atoms with Crippen LogP contribution in [0.3, 0.4) is 0 Å². The van der Waals surface area contributed by atoms with E-state index >= 15 is 0 Å². The van der Waals surface area contributed by atoms with E-state index < -0.39 is 0 Å². The van der Waals surface area contributed by atoms with Crippen LogP contribution in [-0.4, -0.2) is 80.1 Å². The van der Waals surface area contributed by atoms with E-state index in [-0.39, 0.29) is 42.7 Å². The van der Waals surface area contributed by atoms with Crippen LogP contribution in [0.2, 0.25) is 0 Å². The number of nitrogens with one attached hydrogen (secondary N) is 2. The second-order valence-corrected chi connectivity index (χ2v) is 7.15. The Hall–Kier alpha value is -1.38. The summed E-state index contributed by atoms with van der Waals surface area (Å²) in [5, 5.41) is 6.33. The van der Waals surface area contributed by atoms with Gasteiger partial charge in [-0.2, -0.15) is 0 Å². The molecule has 1 aromatic rings. The number of carbonyl (C=O) groups is 2. The topological polar surface area (TPSA) is 73.9 Å². The number of rotatable bonds is 6. The van der Waals surface area contributed by atoms with Gasteiger partial charge in [0, 0.05) is 50.9 Å². The van der Waals surface area contributed by atoms with Gasteiger partial charge in [-0.15, -0.1) is 24.8 Å². The lowest BCUT2D eigenvalue weighted by molar-refractivity contribution is -0.134. The molecule has 2 amide bonds. The molecule has 2 aliphatic heterocycles. The molecule has 0 aromatic heterocycles. The number of halogens is 2. The summed E-state index contributed by atoms with van der Waals surface area (Å²) in [7, 11) is 0. The van der Waals surface area contributed by atoms with Crippen molar-refractivity contribution in [2.75, 3.05) is 57.8 Å².